The zero-order chi connectivity index (χ0) is 15.2. The number of nitrogen functional groups attached to an aromatic ring is 1. The molecule has 0 aliphatic carbocycles. The molecule has 0 radical (unpaired) electrons. The van der Waals surface area contributed by atoms with E-state index in [1.165, 1.54) is 0 Å². The normalized spacial score (nSPS) is 11.9. The first kappa shape index (κ1) is 15.4. The van der Waals surface area contributed by atoms with Crippen molar-refractivity contribution < 1.29 is 4.79 Å². The van der Waals surface area contributed by atoms with E-state index in [1.807, 2.05) is 54.6 Å². The summed E-state index contributed by atoms with van der Waals surface area (Å²) in [7, 11) is 1.77. The van der Waals surface area contributed by atoms with Crippen molar-refractivity contribution in [1.82, 2.24) is 4.90 Å². The molecule has 2 aromatic carbocycles. The van der Waals surface area contributed by atoms with Crippen LogP contribution in [0.15, 0.2) is 54.6 Å². The maximum absolute atomic E-state index is 12.3. The van der Waals surface area contributed by atoms with Gasteiger partial charge in [-0.25, -0.2) is 0 Å². The number of hydrogen-bond donors (Lipinski definition) is 1. The van der Waals surface area contributed by atoms with Crippen molar-refractivity contribution in [2.75, 3.05) is 12.8 Å². The largest absolute Gasteiger partial charge is 0.399 e. The number of benzene rings is 2. The molecule has 0 spiro atoms. The van der Waals surface area contributed by atoms with Gasteiger partial charge in [0, 0.05) is 19.3 Å². The zero-order valence-electron chi connectivity index (χ0n) is 12.0. The van der Waals surface area contributed by atoms with Crippen molar-refractivity contribution in [2.45, 2.75) is 18.3 Å². The highest BCUT2D eigenvalue weighted by molar-refractivity contribution is 6.30. The van der Waals surface area contributed by atoms with Gasteiger partial charge < -0.3 is 10.6 Å². The third-order valence-electron chi connectivity index (χ3n) is 3.27. The number of rotatable bonds is 5. The van der Waals surface area contributed by atoms with Crippen LogP contribution in [0.1, 0.15) is 11.1 Å². The number of hydrogen-bond acceptors (Lipinski definition) is 2. The standard InChI is InChI=1S/C17H19ClN2O/c1-20(12-13-6-3-2-4-7-13)17(21)16(18)11-14-8-5-9-15(19)10-14/h2-10,16H,11-12,19H2,1H3. The SMILES string of the molecule is CN(Cc1ccccc1)C(=O)C(Cl)Cc1cccc(N)c1. The minimum Gasteiger partial charge on any atom is -0.399 e. The van der Waals surface area contributed by atoms with Gasteiger partial charge in [-0.3, -0.25) is 4.79 Å². The Bertz CT molecular complexity index is 601. The molecule has 0 aliphatic heterocycles. The number of alkyl halides is 1. The molecule has 2 N–H and O–H groups in total. The number of nitrogens with two attached hydrogens (primary N) is 1. The number of nitrogens with zero attached hydrogens (tertiary/aromatic N) is 1. The van der Waals surface area contributed by atoms with E-state index in [1.54, 1.807) is 11.9 Å². The summed E-state index contributed by atoms with van der Waals surface area (Å²) in [5, 5.41) is -0.583. The summed E-state index contributed by atoms with van der Waals surface area (Å²) in [6.07, 6.45) is 0.477. The highest BCUT2D eigenvalue weighted by Crippen LogP contribution is 2.14. The molecule has 0 aromatic heterocycles. The van der Waals surface area contributed by atoms with E-state index >= 15 is 0 Å². The molecule has 1 atom stereocenters. The van der Waals surface area contributed by atoms with Gasteiger partial charge in [0.1, 0.15) is 5.38 Å². The van der Waals surface area contributed by atoms with Gasteiger partial charge in [0.2, 0.25) is 5.91 Å². The first-order valence-electron chi connectivity index (χ1n) is 6.83. The minimum atomic E-state index is -0.583. The van der Waals surface area contributed by atoms with E-state index in [2.05, 4.69) is 0 Å². The van der Waals surface area contributed by atoms with Crippen LogP contribution >= 0.6 is 11.6 Å². The van der Waals surface area contributed by atoms with Crippen molar-refractivity contribution in [3.63, 3.8) is 0 Å². The Morgan fingerprint density at radius 1 is 1.14 bits per heavy atom. The summed E-state index contributed by atoms with van der Waals surface area (Å²) in [5.74, 6) is -0.0806. The second-order valence-corrected chi connectivity index (χ2v) is 5.62. The smallest absolute Gasteiger partial charge is 0.241 e. The maximum Gasteiger partial charge on any atom is 0.241 e. The average molecular weight is 303 g/mol. The molecule has 0 bridgehead atoms. The summed E-state index contributed by atoms with van der Waals surface area (Å²) >= 11 is 6.25. The molecular weight excluding hydrogens is 284 g/mol. The topological polar surface area (TPSA) is 46.3 Å². The first-order chi connectivity index (χ1) is 10.1. The fraction of sp³-hybridized carbons (Fsp3) is 0.235. The highest BCUT2D eigenvalue weighted by atomic mass is 35.5. The van der Waals surface area contributed by atoms with Crippen molar-refractivity contribution in [3.8, 4) is 0 Å². The number of anilines is 1. The van der Waals surface area contributed by atoms with Crippen molar-refractivity contribution in [2.24, 2.45) is 0 Å². The Kier molecular flexibility index (Phi) is 5.23. The summed E-state index contributed by atoms with van der Waals surface area (Å²) in [5.41, 5.74) is 8.47. The maximum atomic E-state index is 12.3. The van der Waals surface area contributed by atoms with Crippen LogP contribution in [0.25, 0.3) is 0 Å². The van der Waals surface area contributed by atoms with Gasteiger partial charge in [0.15, 0.2) is 0 Å². The van der Waals surface area contributed by atoms with Crippen molar-refractivity contribution in [1.29, 1.82) is 0 Å². The molecule has 4 heteroatoms. The molecule has 0 aliphatic rings. The Morgan fingerprint density at radius 3 is 2.48 bits per heavy atom. The zero-order valence-corrected chi connectivity index (χ0v) is 12.8. The Balaban J connectivity index is 1.95. The lowest BCUT2D eigenvalue weighted by atomic mass is 10.1. The third kappa shape index (κ3) is 4.50. The van der Waals surface area contributed by atoms with Crippen LogP contribution in [-0.4, -0.2) is 23.2 Å². The summed E-state index contributed by atoms with van der Waals surface area (Å²) < 4.78 is 0. The second-order valence-electron chi connectivity index (χ2n) is 5.10. The summed E-state index contributed by atoms with van der Waals surface area (Å²) in [4.78, 5) is 14.0. The van der Waals surface area contributed by atoms with E-state index < -0.39 is 5.38 Å². The van der Waals surface area contributed by atoms with Crippen LogP contribution in [0.3, 0.4) is 0 Å². The van der Waals surface area contributed by atoms with Crippen LogP contribution in [0.5, 0.6) is 0 Å². The molecule has 2 rings (SSSR count). The predicted molar refractivity (Wildman–Crippen MR) is 87.1 cm³/mol. The van der Waals surface area contributed by atoms with E-state index in [0.717, 1.165) is 11.1 Å². The molecule has 1 amide bonds. The molecule has 110 valence electrons. The van der Waals surface area contributed by atoms with Gasteiger partial charge in [0.25, 0.3) is 0 Å². The predicted octanol–water partition coefficient (Wildman–Crippen LogP) is 3.08. The van der Waals surface area contributed by atoms with Gasteiger partial charge >= 0.3 is 0 Å². The Hall–Kier alpha value is -2.00. The van der Waals surface area contributed by atoms with Crippen LogP contribution in [-0.2, 0) is 17.8 Å². The Labute approximate surface area is 130 Å². The molecule has 0 saturated heterocycles. The monoisotopic (exact) mass is 302 g/mol. The van der Waals surface area contributed by atoms with Crippen molar-refractivity contribution in [3.05, 3.63) is 65.7 Å². The Morgan fingerprint density at radius 2 is 1.81 bits per heavy atom. The lowest BCUT2D eigenvalue weighted by Gasteiger charge is -2.20. The van der Waals surface area contributed by atoms with Gasteiger partial charge in [-0.15, -0.1) is 11.6 Å². The molecule has 3 nitrogen and oxygen atoms in total. The second kappa shape index (κ2) is 7.14. The van der Waals surface area contributed by atoms with Crippen molar-refractivity contribution >= 4 is 23.2 Å². The first-order valence-corrected chi connectivity index (χ1v) is 7.27. The highest BCUT2D eigenvalue weighted by Gasteiger charge is 2.20. The van der Waals surface area contributed by atoms with E-state index in [-0.39, 0.29) is 5.91 Å². The molecular formula is C17H19ClN2O. The fourth-order valence-electron chi connectivity index (χ4n) is 2.19. The lowest BCUT2D eigenvalue weighted by molar-refractivity contribution is -0.130. The molecule has 0 heterocycles. The molecule has 0 fully saturated rings. The van der Waals surface area contributed by atoms with Crippen LogP contribution in [0.4, 0.5) is 5.69 Å². The lowest BCUT2D eigenvalue weighted by Crippen LogP contribution is -2.34. The van der Waals surface area contributed by atoms with Gasteiger partial charge in [-0.2, -0.15) is 0 Å². The average Bonchev–Trinajstić information content (AvgIpc) is 2.47. The van der Waals surface area contributed by atoms with E-state index in [4.69, 9.17) is 17.3 Å². The molecule has 21 heavy (non-hydrogen) atoms. The number of amides is 1. The van der Waals surface area contributed by atoms with Crippen LogP contribution < -0.4 is 5.73 Å². The minimum absolute atomic E-state index is 0.0806. The quantitative estimate of drug-likeness (QED) is 0.681. The van der Waals surface area contributed by atoms with Crippen LogP contribution in [0.2, 0.25) is 0 Å². The van der Waals surface area contributed by atoms with E-state index in [9.17, 15) is 4.79 Å². The molecule has 2 aromatic rings. The number of carbonyl (C=O) groups is 1. The van der Waals surface area contributed by atoms with Gasteiger partial charge in [-0.05, 0) is 29.7 Å². The molecule has 0 saturated carbocycles. The molecule has 1 unspecified atom stereocenters. The number of carbonyl (C=O) groups excluding carboxylic acids is 1. The van der Waals surface area contributed by atoms with Crippen LogP contribution in [0, 0.1) is 0 Å². The van der Waals surface area contributed by atoms with E-state index in [0.29, 0.717) is 18.7 Å². The number of halogens is 1. The summed E-state index contributed by atoms with van der Waals surface area (Å²) in [6.45, 7) is 0.555. The van der Waals surface area contributed by atoms with Gasteiger partial charge in [-0.1, -0.05) is 42.5 Å². The summed E-state index contributed by atoms with van der Waals surface area (Å²) in [6, 6.07) is 17.3. The third-order valence-corrected chi connectivity index (χ3v) is 3.61. The fourth-order valence-corrected chi connectivity index (χ4v) is 2.53. The van der Waals surface area contributed by atoms with Gasteiger partial charge in [0.05, 0.1) is 0 Å².